The van der Waals surface area contributed by atoms with E-state index in [0.717, 1.165) is 11.1 Å². The van der Waals surface area contributed by atoms with E-state index in [2.05, 4.69) is 15.6 Å². The summed E-state index contributed by atoms with van der Waals surface area (Å²) in [6.07, 6.45) is 1.54. The Hall–Kier alpha value is -3.55. The van der Waals surface area contributed by atoms with Crippen LogP contribution in [-0.4, -0.2) is 26.7 Å². The number of hydrogen-bond donors (Lipinski definition) is 3. The Morgan fingerprint density at radius 1 is 1.12 bits per heavy atom. The van der Waals surface area contributed by atoms with E-state index in [1.54, 1.807) is 36.4 Å². The Morgan fingerprint density at radius 2 is 1.77 bits per heavy atom. The molecular weight excluding hydrogens is 335 g/mol. The number of nitrogens with one attached hydrogen (secondary N) is 2. The van der Waals surface area contributed by atoms with Crippen molar-refractivity contribution in [1.82, 2.24) is 20.3 Å². The van der Waals surface area contributed by atoms with Gasteiger partial charge < -0.3 is 11.1 Å². The van der Waals surface area contributed by atoms with Crippen LogP contribution in [-0.2, 0) is 13.1 Å². The smallest absolute Gasteiger partial charge is 0.273 e. The number of carbonyl (C=O) groups is 1. The van der Waals surface area contributed by atoms with Crippen molar-refractivity contribution < 1.29 is 9.18 Å². The molecule has 0 saturated heterocycles. The minimum absolute atomic E-state index is 0.00152. The van der Waals surface area contributed by atoms with Gasteiger partial charge >= 0.3 is 0 Å². The van der Waals surface area contributed by atoms with E-state index >= 15 is 0 Å². The Balaban J connectivity index is 1.57. The number of nitrogens with zero attached hydrogens (tertiary/aromatic N) is 3. The van der Waals surface area contributed by atoms with Gasteiger partial charge in [0.25, 0.3) is 5.91 Å². The van der Waals surface area contributed by atoms with Crippen LogP contribution in [0.1, 0.15) is 27.2 Å². The molecule has 7 nitrogen and oxygen atoms in total. The molecule has 0 spiro atoms. The van der Waals surface area contributed by atoms with Crippen LogP contribution >= 0.6 is 0 Å². The topological polar surface area (TPSA) is 110 Å². The standard InChI is InChI=1S/C18H17FN6O/c19-15-7-3-13(4-8-15)10-25-11-16(23-24-25)18(26)22-9-12-1-5-14(6-2-12)17(20)21/h1-8,11H,9-10H2,(H3,20,21)(H,22,26). The Kier molecular flexibility index (Phi) is 5.02. The van der Waals surface area contributed by atoms with Crippen LogP contribution in [0.5, 0.6) is 0 Å². The fraction of sp³-hybridized carbons (Fsp3) is 0.111. The van der Waals surface area contributed by atoms with Gasteiger partial charge in [0.2, 0.25) is 0 Å². The van der Waals surface area contributed by atoms with Gasteiger partial charge in [0.15, 0.2) is 5.69 Å². The number of amidine groups is 1. The zero-order valence-electron chi connectivity index (χ0n) is 13.8. The fourth-order valence-corrected chi connectivity index (χ4v) is 2.33. The van der Waals surface area contributed by atoms with Gasteiger partial charge in [0.1, 0.15) is 11.7 Å². The fourth-order valence-electron chi connectivity index (χ4n) is 2.33. The first-order valence-corrected chi connectivity index (χ1v) is 7.87. The van der Waals surface area contributed by atoms with Gasteiger partial charge in [0.05, 0.1) is 12.7 Å². The number of halogens is 1. The minimum Gasteiger partial charge on any atom is -0.384 e. The Morgan fingerprint density at radius 3 is 2.42 bits per heavy atom. The molecule has 1 aromatic heterocycles. The highest BCUT2D eigenvalue weighted by atomic mass is 19.1. The SMILES string of the molecule is N=C(N)c1ccc(CNC(=O)c2cn(Cc3ccc(F)cc3)nn2)cc1. The van der Waals surface area contributed by atoms with Crippen LogP contribution in [0.25, 0.3) is 0 Å². The molecule has 2 aromatic carbocycles. The molecule has 3 rings (SSSR count). The normalized spacial score (nSPS) is 10.5. The molecule has 3 aromatic rings. The summed E-state index contributed by atoms with van der Waals surface area (Å²) in [6, 6.07) is 13.1. The van der Waals surface area contributed by atoms with Crippen molar-refractivity contribution in [2.45, 2.75) is 13.1 Å². The molecule has 8 heteroatoms. The van der Waals surface area contributed by atoms with Crippen LogP contribution < -0.4 is 11.1 Å². The second kappa shape index (κ2) is 7.56. The monoisotopic (exact) mass is 352 g/mol. The van der Waals surface area contributed by atoms with Gasteiger partial charge in [-0.15, -0.1) is 5.10 Å². The van der Waals surface area contributed by atoms with Crippen molar-refractivity contribution >= 4 is 11.7 Å². The van der Waals surface area contributed by atoms with E-state index in [0.29, 0.717) is 18.7 Å². The van der Waals surface area contributed by atoms with Gasteiger partial charge in [-0.2, -0.15) is 0 Å². The quantitative estimate of drug-likeness (QED) is 0.463. The number of carbonyl (C=O) groups excluding carboxylic acids is 1. The van der Waals surface area contributed by atoms with E-state index < -0.39 is 0 Å². The van der Waals surface area contributed by atoms with Gasteiger partial charge in [-0.3, -0.25) is 10.2 Å². The number of nitrogens with two attached hydrogens (primary N) is 1. The molecule has 0 fully saturated rings. The number of benzene rings is 2. The minimum atomic E-state index is -0.342. The molecule has 26 heavy (non-hydrogen) atoms. The molecule has 0 bridgehead atoms. The molecule has 0 saturated carbocycles. The van der Waals surface area contributed by atoms with Crippen LogP contribution in [0.4, 0.5) is 4.39 Å². The molecular formula is C18H17FN6O. The molecule has 0 aliphatic carbocycles. The van der Waals surface area contributed by atoms with Crippen molar-refractivity contribution in [3.05, 3.63) is 82.9 Å². The van der Waals surface area contributed by atoms with Crippen molar-refractivity contribution in [3.8, 4) is 0 Å². The molecule has 132 valence electrons. The summed E-state index contributed by atoms with van der Waals surface area (Å²) in [5.74, 6) is -0.645. The maximum Gasteiger partial charge on any atom is 0.273 e. The lowest BCUT2D eigenvalue weighted by Crippen LogP contribution is -2.23. The summed E-state index contributed by atoms with van der Waals surface area (Å²) in [4.78, 5) is 12.2. The van der Waals surface area contributed by atoms with Gasteiger partial charge in [-0.25, -0.2) is 9.07 Å². The molecule has 1 heterocycles. The van der Waals surface area contributed by atoms with Crippen molar-refractivity contribution in [2.24, 2.45) is 5.73 Å². The van der Waals surface area contributed by atoms with Crippen LogP contribution in [0, 0.1) is 11.2 Å². The second-order valence-electron chi connectivity index (χ2n) is 5.72. The van der Waals surface area contributed by atoms with Crippen LogP contribution in [0.15, 0.2) is 54.7 Å². The lowest BCUT2D eigenvalue weighted by Gasteiger charge is -2.04. The zero-order valence-corrected chi connectivity index (χ0v) is 13.8. The number of amides is 1. The molecule has 0 unspecified atom stereocenters. The maximum absolute atomic E-state index is 12.9. The Bertz CT molecular complexity index is 918. The maximum atomic E-state index is 12.9. The number of nitrogen functional groups attached to an aromatic ring is 1. The summed E-state index contributed by atoms with van der Waals surface area (Å²) in [6.45, 7) is 0.717. The zero-order chi connectivity index (χ0) is 18.5. The average molecular weight is 352 g/mol. The first-order valence-electron chi connectivity index (χ1n) is 7.87. The highest BCUT2D eigenvalue weighted by Gasteiger charge is 2.11. The van der Waals surface area contributed by atoms with Gasteiger partial charge in [-0.1, -0.05) is 41.6 Å². The first kappa shape index (κ1) is 17.3. The molecule has 4 N–H and O–H groups in total. The highest BCUT2D eigenvalue weighted by Crippen LogP contribution is 2.06. The van der Waals surface area contributed by atoms with E-state index in [9.17, 15) is 9.18 Å². The van der Waals surface area contributed by atoms with E-state index in [-0.39, 0.29) is 23.3 Å². The van der Waals surface area contributed by atoms with Gasteiger partial charge in [0, 0.05) is 12.1 Å². The summed E-state index contributed by atoms with van der Waals surface area (Å²) in [5.41, 5.74) is 7.97. The first-order chi connectivity index (χ1) is 12.5. The lowest BCUT2D eigenvalue weighted by atomic mass is 10.1. The molecule has 0 aliphatic heterocycles. The van der Waals surface area contributed by atoms with Crippen molar-refractivity contribution in [2.75, 3.05) is 0 Å². The predicted octanol–water partition coefficient (Wildman–Crippen LogP) is 1.68. The number of hydrogen-bond acceptors (Lipinski definition) is 4. The van der Waals surface area contributed by atoms with Gasteiger partial charge in [-0.05, 0) is 23.3 Å². The molecule has 0 aliphatic rings. The third-order valence-corrected chi connectivity index (χ3v) is 3.75. The largest absolute Gasteiger partial charge is 0.384 e. The third-order valence-electron chi connectivity index (χ3n) is 3.75. The van der Waals surface area contributed by atoms with Crippen molar-refractivity contribution in [1.29, 1.82) is 5.41 Å². The van der Waals surface area contributed by atoms with Crippen molar-refractivity contribution in [3.63, 3.8) is 0 Å². The number of aromatic nitrogens is 3. The number of rotatable bonds is 6. The highest BCUT2D eigenvalue weighted by molar-refractivity contribution is 5.95. The second-order valence-corrected chi connectivity index (χ2v) is 5.72. The molecule has 1 amide bonds. The summed E-state index contributed by atoms with van der Waals surface area (Å²) in [7, 11) is 0. The lowest BCUT2D eigenvalue weighted by molar-refractivity contribution is 0.0946. The summed E-state index contributed by atoms with van der Waals surface area (Å²) in [5, 5.41) is 17.9. The van der Waals surface area contributed by atoms with E-state index in [4.69, 9.17) is 11.1 Å². The van der Waals surface area contributed by atoms with E-state index in [1.807, 2.05) is 0 Å². The Labute approximate surface area is 149 Å². The van der Waals surface area contributed by atoms with Crippen LogP contribution in [0.3, 0.4) is 0 Å². The van der Waals surface area contributed by atoms with Crippen LogP contribution in [0.2, 0.25) is 0 Å². The summed E-state index contributed by atoms with van der Waals surface area (Å²) >= 11 is 0. The molecule has 0 radical (unpaired) electrons. The molecule has 0 atom stereocenters. The van der Waals surface area contributed by atoms with E-state index in [1.165, 1.54) is 23.0 Å². The summed E-state index contributed by atoms with van der Waals surface area (Å²) < 4.78 is 14.4. The predicted molar refractivity (Wildman–Crippen MR) is 94.2 cm³/mol. The third kappa shape index (κ3) is 4.29. The average Bonchev–Trinajstić information content (AvgIpc) is 3.10.